The van der Waals surface area contributed by atoms with Crippen LogP contribution in [0.1, 0.15) is 27.2 Å². The Labute approximate surface area is 91.6 Å². The van der Waals surface area contributed by atoms with Crippen molar-refractivity contribution in [3.8, 4) is 0 Å². The lowest BCUT2D eigenvalue weighted by molar-refractivity contribution is -0.0916. The van der Waals surface area contributed by atoms with Crippen LogP contribution in [0.4, 0.5) is 18.0 Å². The molecule has 0 aliphatic heterocycles. The topological polar surface area (TPSA) is 57.5 Å². The Morgan fingerprint density at radius 2 is 1.69 bits per heavy atom. The monoisotopic (exact) mass is 240 g/mol. The van der Waals surface area contributed by atoms with Gasteiger partial charge < -0.3 is 10.2 Å². The molecule has 94 valence electrons. The van der Waals surface area contributed by atoms with E-state index in [-0.39, 0.29) is 11.3 Å². The predicted molar refractivity (Wildman–Crippen MR) is 52.4 cm³/mol. The Morgan fingerprint density at radius 3 is 1.88 bits per heavy atom. The Hall–Kier alpha value is -1.20. The molecule has 0 aromatic rings. The molecule has 6 heteroatoms. The Balaban J connectivity index is 0.000000487. The fraction of sp³-hybridized carbons (Fsp3) is 0.700. The van der Waals surface area contributed by atoms with Crippen molar-refractivity contribution < 1.29 is 28.2 Å². The van der Waals surface area contributed by atoms with Crippen molar-refractivity contribution in [1.82, 2.24) is 0 Å². The van der Waals surface area contributed by atoms with Crippen LogP contribution in [-0.4, -0.2) is 22.5 Å². The summed E-state index contributed by atoms with van der Waals surface area (Å²) in [7, 11) is 0. The quantitative estimate of drug-likeness (QED) is 0.686. The summed E-state index contributed by atoms with van der Waals surface area (Å²) in [6.07, 6.45) is -3.75. The first-order valence-electron chi connectivity index (χ1n) is 4.64. The van der Waals surface area contributed by atoms with Crippen molar-refractivity contribution >= 4 is 6.16 Å². The molecule has 0 unspecified atom stereocenters. The molecule has 16 heavy (non-hydrogen) atoms. The van der Waals surface area contributed by atoms with E-state index in [1.165, 1.54) is 6.08 Å². The number of carboxylic acid groups (broad SMARTS) is 2. The Morgan fingerprint density at radius 1 is 1.38 bits per heavy atom. The van der Waals surface area contributed by atoms with Gasteiger partial charge in [0, 0.05) is 5.57 Å². The van der Waals surface area contributed by atoms with Gasteiger partial charge in [-0.1, -0.05) is 19.9 Å². The van der Waals surface area contributed by atoms with Gasteiger partial charge in [-0.25, -0.2) is 4.79 Å². The maximum atomic E-state index is 12.0. The number of hydrogen-bond acceptors (Lipinski definition) is 1. The number of rotatable bonds is 1. The second-order valence-corrected chi connectivity index (χ2v) is 4.43. The lowest BCUT2D eigenvalue weighted by atomic mass is 10.1. The summed E-state index contributed by atoms with van der Waals surface area (Å²) in [4.78, 5) is 8.56. The third kappa shape index (κ3) is 5.63. The zero-order valence-corrected chi connectivity index (χ0v) is 9.30. The van der Waals surface area contributed by atoms with E-state index in [2.05, 4.69) is 0 Å². The van der Waals surface area contributed by atoms with Crippen molar-refractivity contribution in [3.05, 3.63) is 11.6 Å². The van der Waals surface area contributed by atoms with Gasteiger partial charge in [-0.15, -0.1) is 0 Å². The highest BCUT2D eigenvalue weighted by Gasteiger charge is 2.45. The summed E-state index contributed by atoms with van der Waals surface area (Å²) < 4.78 is 36.1. The average molecular weight is 240 g/mol. The summed E-state index contributed by atoms with van der Waals surface area (Å²) in [5.74, 6) is 0.124. The first kappa shape index (κ1) is 14.8. The molecule has 0 saturated heterocycles. The molecule has 2 N–H and O–H groups in total. The Bertz CT molecular complexity index is 288. The third-order valence-electron chi connectivity index (χ3n) is 2.49. The summed E-state index contributed by atoms with van der Waals surface area (Å²) in [5.41, 5.74) is -0.370. The van der Waals surface area contributed by atoms with Gasteiger partial charge >= 0.3 is 12.3 Å². The smallest absolute Gasteiger partial charge is 0.450 e. The highest BCUT2D eigenvalue weighted by atomic mass is 19.4. The molecule has 1 saturated carbocycles. The number of halogens is 3. The van der Waals surface area contributed by atoms with E-state index in [0.717, 1.165) is 13.3 Å². The summed E-state index contributed by atoms with van der Waals surface area (Å²) in [6.45, 7) is 5.10. The van der Waals surface area contributed by atoms with Gasteiger partial charge in [0.2, 0.25) is 0 Å². The van der Waals surface area contributed by atoms with Crippen molar-refractivity contribution in [2.75, 3.05) is 0 Å². The van der Waals surface area contributed by atoms with E-state index >= 15 is 0 Å². The molecule has 1 aliphatic carbocycles. The summed E-state index contributed by atoms with van der Waals surface area (Å²) in [6, 6.07) is 0. The lowest BCUT2D eigenvalue weighted by Gasteiger charge is -2.06. The maximum absolute atomic E-state index is 12.0. The minimum atomic E-state index is -4.14. The fourth-order valence-corrected chi connectivity index (χ4v) is 1.19. The number of alkyl halides is 3. The van der Waals surface area contributed by atoms with Crippen LogP contribution in [0.5, 0.6) is 0 Å². The van der Waals surface area contributed by atoms with E-state index in [4.69, 9.17) is 15.0 Å². The van der Waals surface area contributed by atoms with Crippen molar-refractivity contribution in [1.29, 1.82) is 0 Å². The molecule has 0 radical (unpaired) electrons. The van der Waals surface area contributed by atoms with Crippen LogP contribution in [-0.2, 0) is 0 Å². The average Bonchev–Trinajstić information content (AvgIpc) is 2.54. The van der Waals surface area contributed by atoms with Gasteiger partial charge in [0.15, 0.2) is 0 Å². The molecule has 3 nitrogen and oxygen atoms in total. The van der Waals surface area contributed by atoms with Gasteiger partial charge in [0.05, 0.1) is 0 Å². The molecule has 1 aliphatic rings. The molecule has 0 spiro atoms. The lowest BCUT2D eigenvalue weighted by Crippen LogP contribution is -2.09. The molecular weight excluding hydrogens is 225 g/mol. The minimum absolute atomic E-state index is 0.0898. The maximum Gasteiger partial charge on any atom is 0.503 e. The molecule has 0 aromatic heterocycles. The van der Waals surface area contributed by atoms with E-state index in [0.29, 0.717) is 0 Å². The van der Waals surface area contributed by atoms with Crippen molar-refractivity contribution in [2.24, 2.45) is 11.3 Å². The van der Waals surface area contributed by atoms with Crippen LogP contribution in [0.15, 0.2) is 11.6 Å². The fourth-order valence-electron chi connectivity index (χ4n) is 1.19. The summed E-state index contributed by atoms with van der Waals surface area (Å²) in [5, 5.41) is 13.9. The molecule has 0 amide bonds. The molecule has 0 bridgehead atoms. The normalized spacial score (nSPS) is 23.1. The van der Waals surface area contributed by atoms with Crippen LogP contribution >= 0.6 is 0 Å². The Kier molecular flexibility index (Phi) is 4.40. The number of hydrogen-bond donors (Lipinski definition) is 2. The zero-order chi connectivity index (χ0) is 13.1. The number of carbonyl (C=O) groups is 1. The van der Waals surface area contributed by atoms with Gasteiger partial charge in [-0.05, 0) is 24.7 Å². The number of allylic oxidation sites excluding steroid dienone is 2. The minimum Gasteiger partial charge on any atom is -0.450 e. The molecule has 1 rings (SSSR count). The zero-order valence-electron chi connectivity index (χ0n) is 9.30. The molecule has 0 heterocycles. The standard InChI is InChI=1S/C9H13F3.CH2O3/c1-6(9(10,11)12)4-7-5-8(7,2)3;2-1(3)4/h4,7H,5H2,1-3H3;(H2,2,3,4)/b6-4-;/t7-;/m1./s1. The second-order valence-electron chi connectivity index (χ2n) is 4.43. The third-order valence-corrected chi connectivity index (χ3v) is 2.49. The molecule has 0 aromatic carbocycles. The van der Waals surface area contributed by atoms with Crippen LogP contribution in [0.3, 0.4) is 0 Å². The second kappa shape index (κ2) is 4.76. The van der Waals surface area contributed by atoms with E-state index in [9.17, 15) is 13.2 Å². The largest absolute Gasteiger partial charge is 0.503 e. The van der Waals surface area contributed by atoms with E-state index in [1.807, 2.05) is 13.8 Å². The van der Waals surface area contributed by atoms with Gasteiger partial charge in [0.25, 0.3) is 0 Å². The SMILES string of the molecule is C/C(=C/[C@@H]1CC1(C)C)C(F)(F)F.O=C(O)O. The molecule has 1 fully saturated rings. The van der Waals surface area contributed by atoms with Crippen LogP contribution in [0.2, 0.25) is 0 Å². The first-order chi connectivity index (χ1) is 6.97. The van der Waals surface area contributed by atoms with Crippen molar-refractivity contribution in [2.45, 2.75) is 33.4 Å². The van der Waals surface area contributed by atoms with Crippen molar-refractivity contribution in [3.63, 3.8) is 0 Å². The van der Waals surface area contributed by atoms with Crippen LogP contribution in [0.25, 0.3) is 0 Å². The highest BCUT2D eigenvalue weighted by Crippen LogP contribution is 2.53. The van der Waals surface area contributed by atoms with Gasteiger partial charge in [-0.3, -0.25) is 0 Å². The first-order valence-corrected chi connectivity index (χ1v) is 4.64. The van der Waals surface area contributed by atoms with Crippen LogP contribution < -0.4 is 0 Å². The summed E-state index contributed by atoms with van der Waals surface area (Å²) >= 11 is 0. The van der Waals surface area contributed by atoms with E-state index in [1.54, 1.807) is 0 Å². The van der Waals surface area contributed by atoms with E-state index < -0.39 is 17.9 Å². The van der Waals surface area contributed by atoms with Crippen LogP contribution in [0, 0.1) is 11.3 Å². The predicted octanol–water partition coefficient (Wildman–Crippen LogP) is 3.76. The molecular formula is C10H15F3O3. The van der Waals surface area contributed by atoms with Gasteiger partial charge in [0.1, 0.15) is 0 Å². The van der Waals surface area contributed by atoms with Gasteiger partial charge in [-0.2, -0.15) is 13.2 Å². The molecule has 1 atom stereocenters. The highest BCUT2D eigenvalue weighted by molar-refractivity contribution is 5.53.